The van der Waals surface area contributed by atoms with Gasteiger partial charge in [0, 0.05) is 30.8 Å². The van der Waals surface area contributed by atoms with E-state index in [-0.39, 0.29) is 25.1 Å². The van der Waals surface area contributed by atoms with E-state index in [4.69, 9.17) is 28.0 Å². The van der Waals surface area contributed by atoms with Crippen molar-refractivity contribution in [3.05, 3.63) is 114 Å². The van der Waals surface area contributed by atoms with Gasteiger partial charge in [0.2, 0.25) is 0 Å². The molecule has 0 saturated carbocycles. The van der Waals surface area contributed by atoms with Crippen molar-refractivity contribution >= 4 is 19.7 Å². The lowest BCUT2D eigenvalue weighted by atomic mass is 9.64. The van der Waals surface area contributed by atoms with Crippen molar-refractivity contribution in [3.8, 4) is 23.3 Å². The van der Waals surface area contributed by atoms with E-state index >= 15 is 0 Å². The summed E-state index contributed by atoms with van der Waals surface area (Å²) in [6.07, 6.45) is 0.459. The SMILES string of the molecule is COc1ccc(C(c2ccccc2)(c2ccc(OC)cc2)C(O)[C@H]2O[C@@H](n3cnc4c(OC)ccnc43)C[C@@H]2OP(OCCC#N)N(C(C)C)C(C)C)cc1. The van der Waals surface area contributed by atoms with Gasteiger partial charge in [-0.05, 0) is 68.7 Å². The van der Waals surface area contributed by atoms with Crippen molar-refractivity contribution in [2.24, 2.45) is 0 Å². The highest BCUT2D eigenvalue weighted by Crippen LogP contribution is 2.53. The summed E-state index contributed by atoms with van der Waals surface area (Å²) in [6.45, 7) is 8.58. The molecule has 2 unspecified atom stereocenters. The number of rotatable bonds is 17. The van der Waals surface area contributed by atoms with Gasteiger partial charge in [0.15, 0.2) is 5.65 Å². The van der Waals surface area contributed by atoms with Gasteiger partial charge in [0.05, 0.1) is 58.3 Å². The maximum atomic E-state index is 13.4. The fourth-order valence-corrected chi connectivity index (χ4v) is 9.32. The van der Waals surface area contributed by atoms with Crippen molar-refractivity contribution in [3.63, 3.8) is 0 Å². The molecule has 13 heteroatoms. The maximum absolute atomic E-state index is 13.4. The number of nitrogens with zero attached hydrogens (tertiary/aromatic N) is 5. The first-order valence-corrected chi connectivity index (χ1v) is 19.6. The lowest BCUT2D eigenvalue weighted by Crippen LogP contribution is -2.52. The molecule has 2 aromatic heterocycles. The van der Waals surface area contributed by atoms with Crippen molar-refractivity contribution in [1.82, 2.24) is 19.2 Å². The van der Waals surface area contributed by atoms with Crippen LogP contribution in [0.15, 0.2) is 97.5 Å². The second-order valence-corrected chi connectivity index (χ2v) is 15.3. The first-order valence-electron chi connectivity index (χ1n) is 18.5. The van der Waals surface area contributed by atoms with E-state index in [2.05, 4.69) is 48.4 Å². The van der Waals surface area contributed by atoms with Crippen LogP contribution in [0.5, 0.6) is 17.2 Å². The fourth-order valence-electron chi connectivity index (χ4n) is 7.58. The van der Waals surface area contributed by atoms with Gasteiger partial charge in [-0.25, -0.2) is 14.6 Å². The predicted molar refractivity (Wildman–Crippen MR) is 211 cm³/mol. The number of aliphatic hydroxyl groups is 1. The molecule has 1 aliphatic rings. The molecular weight excluding hydrogens is 717 g/mol. The predicted octanol–water partition coefficient (Wildman–Crippen LogP) is 7.80. The number of benzene rings is 3. The third kappa shape index (κ3) is 8.05. The highest BCUT2D eigenvalue weighted by Gasteiger charge is 2.54. The number of aliphatic hydroxyl groups excluding tert-OH is 1. The normalized spacial score (nSPS) is 18.5. The maximum Gasteiger partial charge on any atom is 0.259 e. The topological polar surface area (TPSA) is 133 Å². The Morgan fingerprint density at radius 2 is 1.47 bits per heavy atom. The van der Waals surface area contributed by atoms with E-state index in [0.29, 0.717) is 34.8 Å². The fraction of sp³-hybridized carbons (Fsp3) is 0.405. The Labute approximate surface area is 324 Å². The van der Waals surface area contributed by atoms with Gasteiger partial charge in [-0.15, -0.1) is 0 Å². The van der Waals surface area contributed by atoms with Crippen LogP contribution in [0, 0.1) is 11.3 Å². The Bertz CT molecular complexity index is 1970. The van der Waals surface area contributed by atoms with Gasteiger partial charge >= 0.3 is 0 Å². The highest BCUT2D eigenvalue weighted by atomic mass is 31.2. The molecule has 12 nitrogen and oxygen atoms in total. The van der Waals surface area contributed by atoms with Crippen LogP contribution in [-0.2, 0) is 19.2 Å². The standard InChI is InChI=1S/C42H50N5O7P/c1-28(2)47(29(3)4)55(52-25-11-23-43)54-36-26-37(46-27-45-38-35(51-7)22-24-44-41(38)46)53-39(36)40(48)42(30-12-9-8-10-13-30,31-14-18-33(49-5)19-15-31)32-16-20-34(50-6)21-17-32/h8-10,12-22,24,27-29,36-37,39-40,48H,11,25-26H2,1-7H3/t36-,37+,39-,40?,55?/m0/s1. The largest absolute Gasteiger partial charge is 0.497 e. The summed E-state index contributed by atoms with van der Waals surface area (Å²) >= 11 is 0. The molecule has 55 heavy (non-hydrogen) atoms. The first-order chi connectivity index (χ1) is 26.7. The Morgan fingerprint density at radius 3 is 2.02 bits per heavy atom. The van der Waals surface area contributed by atoms with Crippen molar-refractivity contribution in [2.45, 2.75) is 82.6 Å². The molecular formula is C42H50N5O7P. The zero-order valence-corrected chi connectivity index (χ0v) is 33.3. The number of hydrogen-bond acceptors (Lipinski definition) is 11. The molecule has 1 aliphatic heterocycles. The molecule has 1 fully saturated rings. The molecule has 5 aromatic rings. The minimum Gasteiger partial charge on any atom is -0.497 e. The Morgan fingerprint density at radius 1 is 0.873 bits per heavy atom. The minimum atomic E-state index is -1.71. The van der Waals surface area contributed by atoms with Crippen LogP contribution in [-0.4, -0.2) is 82.6 Å². The van der Waals surface area contributed by atoms with E-state index in [9.17, 15) is 10.4 Å². The monoisotopic (exact) mass is 767 g/mol. The number of pyridine rings is 1. The summed E-state index contributed by atoms with van der Waals surface area (Å²) in [5, 5.41) is 22.8. The summed E-state index contributed by atoms with van der Waals surface area (Å²) in [4.78, 5) is 9.30. The van der Waals surface area contributed by atoms with Crippen LogP contribution in [0.4, 0.5) is 0 Å². The summed E-state index contributed by atoms with van der Waals surface area (Å²) in [5.41, 5.74) is 2.48. The number of nitriles is 1. The second-order valence-electron chi connectivity index (χ2n) is 13.9. The number of aromatic nitrogens is 3. The van der Waals surface area contributed by atoms with Crippen LogP contribution in [0.25, 0.3) is 11.2 Å². The summed E-state index contributed by atoms with van der Waals surface area (Å²) in [6, 6.07) is 29.6. The molecule has 0 radical (unpaired) electrons. The average molecular weight is 768 g/mol. The quantitative estimate of drug-likeness (QED) is 0.0565. The van der Waals surface area contributed by atoms with Crippen LogP contribution in [0.3, 0.4) is 0 Å². The van der Waals surface area contributed by atoms with Gasteiger partial charge in [0.1, 0.15) is 41.2 Å². The van der Waals surface area contributed by atoms with Crippen molar-refractivity contribution in [2.75, 3.05) is 27.9 Å². The van der Waals surface area contributed by atoms with Crippen molar-refractivity contribution < 1.29 is 33.1 Å². The summed E-state index contributed by atoms with van der Waals surface area (Å²) in [5.74, 6) is 1.96. The zero-order valence-electron chi connectivity index (χ0n) is 32.4. The van der Waals surface area contributed by atoms with Gasteiger partial charge < -0.3 is 33.1 Å². The molecule has 3 aromatic carbocycles. The Hall–Kier alpha value is -4.60. The van der Waals surface area contributed by atoms with E-state index in [0.717, 1.165) is 16.7 Å². The molecule has 1 saturated heterocycles. The van der Waals surface area contributed by atoms with E-state index in [1.54, 1.807) is 39.9 Å². The van der Waals surface area contributed by atoms with Crippen LogP contribution in [0.2, 0.25) is 0 Å². The third-order valence-corrected chi connectivity index (χ3v) is 12.2. The smallest absolute Gasteiger partial charge is 0.259 e. The number of imidazole rings is 1. The number of ether oxygens (including phenoxy) is 4. The van der Waals surface area contributed by atoms with E-state index in [1.165, 1.54) is 0 Å². The number of methoxy groups -OCH3 is 3. The minimum absolute atomic E-state index is 0.0611. The van der Waals surface area contributed by atoms with Crippen LogP contribution in [0.1, 0.15) is 63.5 Å². The van der Waals surface area contributed by atoms with Gasteiger partial charge in [-0.3, -0.25) is 4.57 Å². The number of fused-ring (bicyclic) bond motifs is 1. The van der Waals surface area contributed by atoms with E-state index < -0.39 is 38.5 Å². The molecule has 0 amide bonds. The number of hydrogen-bond donors (Lipinski definition) is 1. The lowest BCUT2D eigenvalue weighted by molar-refractivity contribution is -0.0936. The van der Waals surface area contributed by atoms with Gasteiger partial charge in [-0.2, -0.15) is 5.26 Å². The van der Waals surface area contributed by atoms with Crippen molar-refractivity contribution in [1.29, 1.82) is 5.26 Å². The molecule has 290 valence electrons. The van der Waals surface area contributed by atoms with Gasteiger partial charge in [0.25, 0.3) is 8.53 Å². The summed E-state index contributed by atoms with van der Waals surface area (Å²) in [7, 11) is 3.15. The first kappa shape index (κ1) is 40.1. The lowest BCUT2D eigenvalue weighted by Gasteiger charge is -2.44. The molecule has 6 rings (SSSR count). The second kappa shape index (κ2) is 17.9. The molecule has 5 atom stereocenters. The third-order valence-electron chi connectivity index (χ3n) is 10.0. The molecule has 1 N–H and O–H groups in total. The molecule has 0 bridgehead atoms. The van der Waals surface area contributed by atoms with Gasteiger partial charge in [-0.1, -0.05) is 54.6 Å². The highest BCUT2D eigenvalue weighted by molar-refractivity contribution is 7.44. The Kier molecular flexibility index (Phi) is 13.0. The molecule has 0 spiro atoms. The van der Waals surface area contributed by atoms with Crippen LogP contribution < -0.4 is 14.2 Å². The van der Waals surface area contributed by atoms with E-state index in [1.807, 2.05) is 83.4 Å². The van der Waals surface area contributed by atoms with Crippen LogP contribution >= 0.6 is 8.53 Å². The zero-order chi connectivity index (χ0) is 39.1. The Balaban J connectivity index is 1.54. The molecule has 0 aliphatic carbocycles. The average Bonchev–Trinajstić information content (AvgIpc) is 3.83. The molecule has 3 heterocycles. The summed E-state index contributed by atoms with van der Waals surface area (Å²) < 4.78 is 41.3.